The Labute approximate surface area is 123 Å². The third kappa shape index (κ3) is 2.03. The maximum atomic E-state index is 12.7. The van der Waals surface area contributed by atoms with Crippen molar-refractivity contribution >= 4 is 24.1 Å². The lowest BCUT2D eigenvalue weighted by atomic mass is 10.1. The van der Waals surface area contributed by atoms with Gasteiger partial charge in [-0.25, -0.2) is 14.8 Å². The molecule has 3 heterocycles. The quantitative estimate of drug-likeness (QED) is 0.776. The molecule has 3 aliphatic heterocycles. The summed E-state index contributed by atoms with van der Waals surface area (Å²) in [6, 6.07) is -0.716. The lowest BCUT2D eigenvalue weighted by Gasteiger charge is -2.42. The van der Waals surface area contributed by atoms with Crippen molar-refractivity contribution in [1.29, 1.82) is 0 Å². The summed E-state index contributed by atoms with van der Waals surface area (Å²) in [5.41, 5.74) is 0. The first kappa shape index (κ1) is 13.8. The standard InChI is InChI=1S/C14H19N5O2/c1-3-7-18-11-10(12(20)19(8-4-2)14(18)21)17-9-5-6-15-13(17)16-11/h5-6,9-11H,3-4,7-8H2,1-2H3. The van der Waals surface area contributed by atoms with Gasteiger partial charge in [-0.05, 0) is 18.9 Å². The molecule has 0 radical (unpaired) electrons. The van der Waals surface area contributed by atoms with E-state index < -0.39 is 12.2 Å². The first-order valence-corrected chi connectivity index (χ1v) is 7.38. The highest BCUT2D eigenvalue weighted by Gasteiger charge is 2.52. The Kier molecular flexibility index (Phi) is 3.48. The maximum Gasteiger partial charge on any atom is 0.328 e. The molecule has 1 fully saturated rings. The van der Waals surface area contributed by atoms with E-state index in [1.165, 1.54) is 4.90 Å². The Morgan fingerprint density at radius 2 is 1.95 bits per heavy atom. The number of allylic oxidation sites excluding steroid dienone is 1. The van der Waals surface area contributed by atoms with E-state index in [2.05, 4.69) is 9.98 Å². The van der Waals surface area contributed by atoms with E-state index in [1.54, 1.807) is 28.3 Å². The van der Waals surface area contributed by atoms with Gasteiger partial charge in [0.15, 0.2) is 12.2 Å². The van der Waals surface area contributed by atoms with Gasteiger partial charge in [-0.3, -0.25) is 14.6 Å². The van der Waals surface area contributed by atoms with Gasteiger partial charge in [-0.1, -0.05) is 13.8 Å². The minimum Gasteiger partial charge on any atom is -0.301 e. The molecule has 0 N–H and O–H groups in total. The van der Waals surface area contributed by atoms with Crippen LogP contribution in [-0.2, 0) is 4.79 Å². The Balaban J connectivity index is 1.98. The van der Waals surface area contributed by atoms with E-state index in [0.29, 0.717) is 19.0 Å². The molecule has 1 saturated heterocycles. The van der Waals surface area contributed by atoms with E-state index in [0.717, 1.165) is 12.8 Å². The van der Waals surface area contributed by atoms with E-state index in [1.807, 2.05) is 13.8 Å². The van der Waals surface area contributed by atoms with Crippen molar-refractivity contribution in [3.63, 3.8) is 0 Å². The molecule has 0 aliphatic carbocycles. The predicted octanol–water partition coefficient (Wildman–Crippen LogP) is 1.03. The van der Waals surface area contributed by atoms with Crippen LogP contribution in [0.5, 0.6) is 0 Å². The molecule has 0 saturated carbocycles. The van der Waals surface area contributed by atoms with Gasteiger partial charge in [0.1, 0.15) is 0 Å². The van der Waals surface area contributed by atoms with Crippen molar-refractivity contribution in [3.8, 4) is 0 Å². The van der Waals surface area contributed by atoms with Gasteiger partial charge in [0.25, 0.3) is 5.91 Å². The molecule has 0 aromatic rings. The molecule has 0 aromatic heterocycles. The Hall–Kier alpha value is -2.18. The summed E-state index contributed by atoms with van der Waals surface area (Å²) < 4.78 is 0. The van der Waals surface area contributed by atoms with E-state index >= 15 is 0 Å². The average molecular weight is 289 g/mol. The summed E-state index contributed by atoms with van der Waals surface area (Å²) in [5.74, 6) is 0.327. The molecule has 3 amide bonds. The zero-order valence-electron chi connectivity index (χ0n) is 12.3. The second-order valence-corrected chi connectivity index (χ2v) is 5.28. The summed E-state index contributed by atoms with van der Waals surface area (Å²) in [6.07, 6.45) is 6.34. The molecule has 112 valence electrons. The number of rotatable bonds is 4. The number of nitrogens with zero attached hydrogens (tertiary/aromatic N) is 5. The minimum absolute atomic E-state index is 0.181. The third-order valence-corrected chi connectivity index (χ3v) is 3.81. The SMILES string of the molecule is CCCN1C(=O)C2C(N=C3N=CC=CN32)N(CCC)C1=O. The number of amides is 3. The number of carbonyl (C=O) groups excluding carboxylic acids is 2. The number of fused-ring (bicyclic) bond motifs is 3. The topological polar surface area (TPSA) is 68.6 Å². The van der Waals surface area contributed by atoms with Crippen LogP contribution >= 0.6 is 0 Å². The van der Waals surface area contributed by atoms with Crippen LogP contribution in [0, 0.1) is 0 Å². The van der Waals surface area contributed by atoms with Crippen LogP contribution in [0.25, 0.3) is 0 Å². The zero-order chi connectivity index (χ0) is 15.0. The molecule has 2 atom stereocenters. The number of hydrogen-bond donors (Lipinski definition) is 0. The van der Waals surface area contributed by atoms with Crippen LogP contribution in [0.15, 0.2) is 22.3 Å². The number of hydrogen-bond acceptors (Lipinski definition) is 5. The van der Waals surface area contributed by atoms with E-state index in [9.17, 15) is 9.59 Å². The van der Waals surface area contributed by atoms with Gasteiger partial charge in [0.05, 0.1) is 0 Å². The molecule has 3 aliphatic rings. The van der Waals surface area contributed by atoms with Gasteiger partial charge < -0.3 is 4.90 Å². The molecule has 7 heteroatoms. The molecular weight excluding hydrogens is 270 g/mol. The van der Waals surface area contributed by atoms with Gasteiger partial charge in [-0.2, -0.15) is 0 Å². The smallest absolute Gasteiger partial charge is 0.301 e. The molecule has 21 heavy (non-hydrogen) atoms. The summed E-state index contributed by atoms with van der Waals surface area (Å²) in [5, 5.41) is 0. The number of guanidine groups is 1. The van der Waals surface area contributed by atoms with Crippen molar-refractivity contribution in [3.05, 3.63) is 12.3 Å². The molecule has 2 unspecified atom stereocenters. The second-order valence-electron chi connectivity index (χ2n) is 5.28. The van der Waals surface area contributed by atoms with Crippen LogP contribution < -0.4 is 0 Å². The van der Waals surface area contributed by atoms with E-state index in [4.69, 9.17) is 0 Å². The molecule has 7 nitrogen and oxygen atoms in total. The van der Waals surface area contributed by atoms with Gasteiger partial charge in [0.2, 0.25) is 5.96 Å². The Bertz CT molecular complexity index is 554. The Morgan fingerprint density at radius 1 is 1.19 bits per heavy atom. The third-order valence-electron chi connectivity index (χ3n) is 3.81. The van der Waals surface area contributed by atoms with Crippen molar-refractivity contribution in [1.82, 2.24) is 14.7 Å². The van der Waals surface area contributed by atoms with Gasteiger partial charge in [-0.15, -0.1) is 0 Å². The second kappa shape index (κ2) is 5.31. The van der Waals surface area contributed by atoms with Crippen molar-refractivity contribution in [2.24, 2.45) is 9.98 Å². The highest BCUT2D eigenvalue weighted by molar-refractivity contribution is 6.06. The zero-order valence-corrected chi connectivity index (χ0v) is 12.3. The first-order chi connectivity index (χ1) is 10.2. The summed E-state index contributed by atoms with van der Waals surface area (Å²) in [6.45, 7) is 5.00. The molecular formula is C14H19N5O2. The molecule has 0 bridgehead atoms. The van der Waals surface area contributed by atoms with Crippen molar-refractivity contribution in [2.75, 3.05) is 13.1 Å². The number of imide groups is 1. The highest BCUT2D eigenvalue weighted by atomic mass is 16.2. The summed E-state index contributed by atoms with van der Waals surface area (Å²) in [7, 11) is 0. The highest BCUT2D eigenvalue weighted by Crippen LogP contribution is 2.30. The largest absolute Gasteiger partial charge is 0.328 e. The van der Waals surface area contributed by atoms with Crippen molar-refractivity contribution < 1.29 is 9.59 Å². The van der Waals surface area contributed by atoms with Crippen LogP contribution in [0.1, 0.15) is 26.7 Å². The fraction of sp³-hybridized carbons (Fsp3) is 0.571. The fourth-order valence-corrected chi connectivity index (χ4v) is 2.93. The van der Waals surface area contributed by atoms with Crippen molar-refractivity contribution in [2.45, 2.75) is 38.9 Å². The molecule has 0 aromatic carbocycles. The lowest BCUT2D eigenvalue weighted by molar-refractivity contribution is -0.137. The predicted molar refractivity (Wildman–Crippen MR) is 78.9 cm³/mol. The normalized spacial score (nSPS) is 27.1. The first-order valence-electron chi connectivity index (χ1n) is 7.38. The number of carbonyl (C=O) groups is 2. The van der Waals surface area contributed by atoms with Crippen LogP contribution in [-0.4, -0.2) is 64.1 Å². The fourth-order valence-electron chi connectivity index (χ4n) is 2.93. The lowest BCUT2D eigenvalue weighted by Crippen LogP contribution is -2.65. The molecule has 3 rings (SSSR count). The van der Waals surface area contributed by atoms with Gasteiger partial charge in [0, 0.05) is 25.5 Å². The summed E-state index contributed by atoms with van der Waals surface area (Å²) >= 11 is 0. The number of urea groups is 1. The van der Waals surface area contributed by atoms with Gasteiger partial charge >= 0.3 is 6.03 Å². The monoisotopic (exact) mass is 289 g/mol. The van der Waals surface area contributed by atoms with Crippen LogP contribution in [0.2, 0.25) is 0 Å². The Morgan fingerprint density at radius 3 is 2.67 bits per heavy atom. The van der Waals surface area contributed by atoms with Crippen LogP contribution in [0.4, 0.5) is 4.79 Å². The van der Waals surface area contributed by atoms with E-state index in [-0.39, 0.29) is 11.9 Å². The minimum atomic E-state index is -0.482. The molecule has 0 spiro atoms. The maximum absolute atomic E-state index is 12.7. The number of aliphatic imine (C=N–C) groups is 2. The van der Waals surface area contributed by atoms with Crippen LogP contribution in [0.3, 0.4) is 0 Å². The average Bonchev–Trinajstić information content (AvgIpc) is 2.87. The summed E-state index contributed by atoms with van der Waals surface area (Å²) in [4.78, 5) is 38.7.